The average Bonchev–Trinajstić information content (AvgIpc) is 2.55. The Morgan fingerprint density at radius 3 is 2.30 bits per heavy atom. The van der Waals surface area contributed by atoms with Crippen LogP contribution < -0.4 is 0 Å². The minimum atomic E-state index is -0.346. The van der Waals surface area contributed by atoms with Gasteiger partial charge in [-0.15, -0.1) is 11.8 Å². The van der Waals surface area contributed by atoms with Gasteiger partial charge in [-0.3, -0.25) is 0 Å². The standard InChI is InChI=1S/C15H20BNO2S/c1-14(2)15(3,4)19-16(18-14)12-8-6-11(10-17)7-9-13(12)20-5/h6-7,9H,8H2,1-5H3. The molecule has 1 saturated heterocycles. The van der Waals surface area contributed by atoms with E-state index in [4.69, 9.17) is 14.6 Å². The van der Waals surface area contributed by atoms with Crippen LogP contribution in [-0.2, 0) is 9.31 Å². The van der Waals surface area contributed by atoms with Gasteiger partial charge in [-0.05, 0) is 58.0 Å². The summed E-state index contributed by atoms with van der Waals surface area (Å²) in [5.74, 6) is 0. The van der Waals surface area contributed by atoms with E-state index in [1.165, 1.54) is 0 Å². The van der Waals surface area contributed by atoms with Crippen LogP contribution in [0, 0.1) is 11.3 Å². The van der Waals surface area contributed by atoms with Crippen LogP contribution >= 0.6 is 11.8 Å². The van der Waals surface area contributed by atoms with Crippen LogP contribution in [0.3, 0.4) is 0 Å². The van der Waals surface area contributed by atoms with E-state index in [0.29, 0.717) is 12.0 Å². The molecule has 2 aliphatic rings. The molecule has 0 spiro atoms. The number of hydrogen-bond donors (Lipinski definition) is 0. The Kier molecular flexibility index (Phi) is 4.20. The highest BCUT2D eigenvalue weighted by Gasteiger charge is 2.52. The molecular weight excluding hydrogens is 269 g/mol. The van der Waals surface area contributed by atoms with Crippen LogP contribution in [0.4, 0.5) is 0 Å². The Hall–Kier alpha value is -0.955. The van der Waals surface area contributed by atoms with Crippen LogP contribution in [-0.4, -0.2) is 24.6 Å². The Labute approximate surface area is 125 Å². The summed E-state index contributed by atoms with van der Waals surface area (Å²) in [6.07, 6.45) is 8.47. The third-order valence-electron chi connectivity index (χ3n) is 4.16. The lowest BCUT2D eigenvalue weighted by molar-refractivity contribution is 0.00578. The smallest absolute Gasteiger partial charge is 0.400 e. The van der Waals surface area contributed by atoms with Gasteiger partial charge >= 0.3 is 7.12 Å². The molecular formula is C15H20BNO2S. The number of nitrogens with zero attached hydrogens (tertiary/aromatic N) is 1. The maximum Gasteiger partial charge on any atom is 0.492 e. The monoisotopic (exact) mass is 289 g/mol. The highest BCUT2D eigenvalue weighted by atomic mass is 32.2. The van der Waals surface area contributed by atoms with Gasteiger partial charge in [0.05, 0.1) is 17.3 Å². The Morgan fingerprint density at radius 2 is 1.80 bits per heavy atom. The molecule has 1 aliphatic heterocycles. The molecule has 1 fully saturated rings. The van der Waals surface area contributed by atoms with Crippen molar-refractivity contribution in [3.05, 3.63) is 34.2 Å². The van der Waals surface area contributed by atoms with Gasteiger partial charge in [0.15, 0.2) is 0 Å². The van der Waals surface area contributed by atoms with E-state index >= 15 is 0 Å². The van der Waals surface area contributed by atoms with Crippen LogP contribution in [0.1, 0.15) is 34.1 Å². The molecule has 1 heterocycles. The second-order valence-corrected chi connectivity index (χ2v) is 6.84. The first-order valence-corrected chi connectivity index (χ1v) is 7.94. The third-order valence-corrected chi connectivity index (χ3v) is 5.00. The zero-order valence-corrected chi connectivity index (χ0v) is 13.5. The van der Waals surface area contributed by atoms with Gasteiger partial charge in [0, 0.05) is 10.5 Å². The van der Waals surface area contributed by atoms with Crippen molar-refractivity contribution in [1.82, 2.24) is 0 Å². The van der Waals surface area contributed by atoms with Crippen molar-refractivity contribution in [3.8, 4) is 6.07 Å². The Balaban J connectivity index is 2.33. The Bertz CT molecular complexity index is 525. The predicted molar refractivity (Wildman–Crippen MR) is 84.1 cm³/mol. The molecule has 1 aliphatic carbocycles. The fourth-order valence-corrected chi connectivity index (χ4v) is 2.79. The number of nitriles is 1. The summed E-state index contributed by atoms with van der Waals surface area (Å²) in [6, 6.07) is 2.19. The summed E-state index contributed by atoms with van der Waals surface area (Å²) in [4.78, 5) is 1.12. The van der Waals surface area contributed by atoms with Crippen LogP contribution in [0.5, 0.6) is 0 Å². The normalized spacial score (nSPS) is 24.4. The molecule has 0 radical (unpaired) electrons. The summed E-state index contributed by atoms with van der Waals surface area (Å²) in [5, 5.41) is 9.04. The molecule has 0 bridgehead atoms. The van der Waals surface area contributed by atoms with Crippen LogP contribution in [0.25, 0.3) is 0 Å². The topological polar surface area (TPSA) is 42.2 Å². The molecule has 106 valence electrons. The highest BCUT2D eigenvalue weighted by molar-refractivity contribution is 8.02. The van der Waals surface area contributed by atoms with E-state index in [-0.39, 0.29) is 18.3 Å². The summed E-state index contributed by atoms with van der Waals surface area (Å²) in [5.41, 5.74) is 1.10. The number of hydrogen-bond acceptors (Lipinski definition) is 4. The van der Waals surface area contributed by atoms with E-state index < -0.39 is 0 Å². The van der Waals surface area contributed by atoms with Gasteiger partial charge in [-0.2, -0.15) is 5.26 Å². The molecule has 5 heteroatoms. The van der Waals surface area contributed by atoms with Crippen molar-refractivity contribution in [1.29, 1.82) is 5.26 Å². The molecule has 20 heavy (non-hydrogen) atoms. The maximum absolute atomic E-state index is 9.04. The molecule has 0 saturated carbocycles. The van der Waals surface area contributed by atoms with Crippen molar-refractivity contribution < 1.29 is 9.31 Å². The molecule has 2 rings (SSSR count). The second-order valence-electron chi connectivity index (χ2n) is 5.99. The average molecular weight is 289 g/mol. The Morgan fingerprint density at radius 1 is 1.20 bits per heavy atom. The number of allylic oxidation sites excluding steroid dienone is 5. The number of thioether (sulfide) groups is 1. The van der Waals surface area contributed by atoms with E-state index in [1.54, 1.807) is 11.8 Å². The highest BCUT2D eigenvalue weighted by Crippen LogP contribution is 2.41. The van der Waals surface area contributed by atoms with Gasteiger partial charge in [0.25, 0.3) is 0 Å². The van der Waals surface area contributed by atoms with E-state index in [1.807, 2.05) is 24.5 Å². The largest absolute Gasteiger partial charge is 0.492 e. The first-order chi connectivity index (χ1) is 9.30. The van der Waals surface area contributed by atoms with E-state index in [9.17, 15) is 0 Å². The molecule has 0 atom stereocenters. The molecule has 0 aromatic carbocycles. The van der Waals surface area contributed by atoms with Gasteiger partial charge in [0.1, 0.15) is 0 Å². The lowest BCUT2D eigenvalue weighted by Crippen LogP contribution is -2.41. The summed E-state index contributed by atoms with van der Waals surface area (Å²) < 4.78 is 12.2. The molecule has 0 aromatic rings. The summed E-state index contributed by atoms with van der Waals surface area (Å²) in [6.45, 7) is 8.20. The zero-order valence-electron chi connectivity index (χ0n) is 12.7. The van der Waals surface area contributed by atoms with Crippen molar-refractivity contribution in [2.24, 2.45) is 0 Å². The predicted octanol–water partition coefficient (Wildman–Crippen LogP) is 3.64. The van der Waals surface area contributed by atoms with Gasteiger partial charge in [0.2, 0.25) is 0 Å². The fraction of sp³-hybridized carbons (Fsp3) is 0.533. The molecule has 0 N–H and O–H groups in total. The SMILES string of the molecule is CSC1=C(B2OC(C)(C)C(C)(C)O2)CC=C(C#N)C=C1. The quantitative estimate of drug-likeness (QED) is 0.728. The zero-order chi connectivity index (χ0) is 15.0. The summed E-state index contributed by atoms with van der Waals surface area (Å²) >= 11 is 1.66. The van der Waals surface area contributed by atoms with Gasteiger partial charge in [-0.1, -0.05) is 6.08 Å². The lowest BCUT2D eigenvalue weighted by atomic mass is 9.76. The van der Waals surface area contributed by atoms with Crippen LogP contribution in [0.15, 0.2) is 34.2 Å². The van der Waals surface area contributed by atoms with Crippen molar-refractivity contribution in [2.75, 3.05) is 6.26 Å². The second kappa shape index (κ2) is 5.44. The number of rotatable bonds is 2. The van der Waals surface area contributed by atoms with Crippen LogP contribution in [0.2, 0.25) is 0 Å². The summed E-state index contributed by atoms with van der Waals surface area (Å²) in [7, 11) is -0.346. The van der Waals surface area contributed by atoms with Gasteiger partial charge in [-0.25, -0.2) is 0 Å². The minimum absolute atomic E-state index is 0.341. The molecule has 3 nitrogen and oxygen atoms in total. The molecule has 0 unspecified atom stereocenters. The van der Waals surface area contributed by atoms with E-state index in [2.05, 4.69) is 33.8 Å². The fourth-order valence-electron chi connectivity index (χ4n) is 2.14. The van der Waals surface area contributed by atoms with Crippen molar-refractivity contribution in [2.45, 2.75) is 45.3 Å². The molecule has 0 amide bonds. The third kappa shape index (κ3) is 2.74. The minimum Gasteiger partial charge on any atom is -0.400 e. The molecule has 0 aromatic heterocycles. The first-order valence-electron chi connectivity index (χ1n) is 6.72. The maximum atomic E-state index is 9.04. The first kappa shape index (κ1) is 15.4. The van der Waals surface area contributed by atoms with Gasteiger partial charge < -0.3 is 9.31 Å². The van der Waals surface area contributed by atoms with Crippen molar-refractivity contribution in [3.63, 3.8) is 0 Å². The lowest BCUT2D eigenvalue weighted by Gasteiger charge is -2.32. The van der Waals surface area contributed by atoms with E-state index in [0.717, 1.165) is 10.4 Å². The van der Waals surface area contributed by atoms with Crippen molar-refractivity contribution >= 4 is 18.9 Å².